The van der Waals surface area contributed by atoms with Crippen LogP contribution in [0.1, 0.15) is 26.7 Å². The Labute approximate surface area is 153 Å². The summed E-state index contributed by atoms with van der Waals surface area (Å²) in [5, 5.41) is 2.87. The molecule has 2 saturated heterocycles. The van der Waals surface area contributed by atoms with Gasteiger partial charge in [-0.2, -0.15) is 0 Å². The van der Waals surface area contributed by atoms with Crippen LogP contribution >= 0.6 is 0 Å². The van der Waals surface area contributed by atoms with Gasteiger partial charge in [0.25, 0.3) is 0 Å². The third-order valence-corrected chi connectivity index (χ3v) is 5.00. The largest absolute Gasteiger partial charge is 0.369 e. The van der Waals surface area contributed by atoms with Crippen molar-refractivity contribution in [1.29, 1.82) is 0 Å². The molecule has 2 aliphatic heterocycles. The van der Waals surface area contributed by atoms with E-state index in [1.165, 1.54) is 17.0 Å². The summed E-state index contributed by atoms with van der Waals surface area (Å²) < 4.78 is 13.0. The number of hydrogen-bond donors (Lipinski definition) is 1. The molecule has 26 heavy (non-hydrogen) atoms. The molecule has 0 aromatic heterocycles. The molecule has 6 nitrogen and oxygen atoms in total. The monoisotopic (exact) mass is 362 g/mol. The molecule has 0 spiro atoms. The molecule has 7 heteroatoms. The highest BCUT2D eigenvalue weighted by atomic mass is 19.1. The third kappa shape index (κ3) is 4.52. The summed E-state index contributed by atoms with van der Waals surface area (Å²) in [6.07, 6.45) is 1.12. The number of nitrogens with one attached hydrogen (secondary N) is 1. The number of carbonyl (C=O) groups is 2. The van der Waals surface area contributed by atoms with Crippen molar-refractivity contribution in [3.05, 3.63) is 30.1 Å². The van der Waals surface area contributed by atoms with Crippen LogP contribution in [0.4, 0.5) is 14.9 Å². The lowest BCUT2D eigenvalue weighted by atomic mass is 9.98. The number of piperazine rings is 1. The summed E-state index contributed by atoms with van der Waals surface area (Å²) in [4.78, 5) is 30.1. The topological polar surface area (TPSA) is 55.9 Å². The summed E-state index contributed by atoms with van der Waals surface area (Å²) in [6.45, 7) is 8.67. The van der Waals surface area contributed by atoms with Crippen LogP contribution in [0.2, 0.25) is 0 Å². The lowest BCUT2D eigenvalue weighted by molar-refractivity contribution is -0.131. The first-order chi connectivity index (χ1) is 12.3. The zero-order chi connectivity index (χ0) is 18.7. The molecule has 2 aliphatic rings. The van der Waals surface area contributed by atoms with Crippen molar-refractivity contribution in [2.24, 2.45) is 0 Å². The molecule has 0 unspecified atom stereocenters. The quantitative estimate of drug-likeness (QED) is 0.871. The predicted octanol–water partition coefficient (Wildman–Crippen LogP) is 2.06. The maximum atomic E-state index is 13.0. The van der Waals surface area contributed by atoms with Crippen molar-refractivity contribution >= 4 is 17.6 Å². The Balaban J connectivity index is 1.41. The zero-order valence-electron chi connectivity index (χ0n) is 15.5. The Morgan fingerprint density at radius 2 is 1.69 bits per heavy atom. The second-order valence-corrected chi connectivity index (χ2v) is 7.69. The standard InChI is InChI=1S/C19H27FN4O2/c1-19(2)14-17(25)24(18(26)21-19)9-3-8-22-10-12-23(13-11-22)16-6-4-15(20)5-7-16/h4-7H,3,8-14H2,1-2H3,(H,21,26). The van der Waals surface area contributed by atoms with Crippen LogP contribution in [0.3, 0.4) is 0 Å². The minimum absolute atomic E-state index is 0.0973. The molecule has 0 atom stereocenters. The van der Waals surface area contributed by atoms with Gasteiger partial charge in [0.05, 0.1) is 0 Å². The molecule has 2 fully saturated rings. The highest BCUT2D eigenvalue weighted by molar-refractivity contribution is 5.97. The van der Waals surface area contributed by atoms with E-state index in [0.29, 0.717) is 13.0 Å². The van der Waals surface area contributed by atoms with Crippen molar-refractivity contribution in [2.45, 2.75) is 32.2 Å². The average molecular weight is 362 g/mol. The smallest absolute Gasteiger partial charge is 0.324 e. The van der Waals surface area contributed by atoms with E-state index in [4.69, 9.17) is 0 Å². The first-order valence-electron chi connectivity index (χ1n) is 9.19. The summed E-state index contributed by atoms with van der Waals surface area (Å²) in [7, 11) is 0. The molecular weight excluding hydrogens is 335 g/mol. The highest BCUT2D eigenvalue weighted by Crippen LogP contribution is 2.19. The van der Waals surface area contributed by atoms with Crippen LogP contribution in [-0.4, -0.2) is 66.5 Å². The number of benzene rings is 1. The molecule has 142 valence electrons. The van der Waals surface area contributed by atoms with Gasteiger partial charge in [-0.1, -0.05) is 0 Å². The molecule has 3 rings (SSSR count). The van der Waals surface area contributed by atoms with E-state index in [0.717, 1.165) is 44.8 Å². The van der Waals surface area contributed by atoms with Gasteiger partial charge in [0.2, 0.25) is 5.91 Å². The molecule has 2 heterocycles. The van der Waals surface area contributed by atoms with Gasteiger partial charge in [-0.25, -0.2) is 9.18 Å². The van der Waals surface area contributed by atoms with Crippen molar-refractivity contribution < 1.29 is 14.0 Å². The molecule has 1 aromatic carbocycles. The molecular formula is C19H27FN4O2. The third-order valence-electron chi connectivity index (χ3n) is 5.00. The van der Waals surface area contributed by atoms with Crippen molar-refractivity contribution in [3.8, 4) is 0 Å². The van der Waals surface area contributed by atoms with E-state index in [1.54, 1.807) is 0 Å². The molecule has 3 amide bonds. The van der Waals surface area contributed by atoms with Gasteiger partial charge in [0, 0.05) is 50.4 Å². The summed E-state index contributed by atoms with van der Waals surface area (Å²) >= 11 is 0. The number of rotatable bonds is 5. The van der Waals surface area contributed by atoms with Gasteiger partial charge in [-0.05, 0) is 51.1 Å². The Morgan fingerprint density at radius 1 is 1.04 bits per heavy atom. The van der Waals surface area contributed by atoms with E-state index in [-0.39, 0.29) is 17.8 Å². The fourth-order valence-electron chi connectivity index (χ4n) is 3.55. The van der Waals surface area contributed by atoms with Crippen LogP contribution in [-0.2, 0) is 4.79 Å². The first kappa shape index (κ1) is 18.6. The summed E-state index contributed by atoms with van der Waals surface area (Å²) in [5.74, 6) is -0.313. The molecule has 0 aliphatic carbocycles. The number of hydrogen-bond acceptors (Lipinski definition) is 4. The predicted molar refractivity (Wildman–Crippen MR) is 98.6 cm³/mol. The number of urea groups is 1. The van der Waals surface area contributed by atoms with Crippen LogP contribution in [0.5, 0.6) is 0 Å². The maximum absolute atomic E-state index is 13.0. The van der Waals surface area contributed by atoms with E-state index >= 15 is 0 Å². The number of amides is 3. The van der Waals surface area contributed by atoms with Gasteiger partial charge in [-0.3, -0.25) is 14.6 Å². The van der Waals surface area contributed by atoms with Crippen LogP contribution in [0.15, 0.2) is 24.3 Å². The number of anilines is 1. The van der Waals surface area contributed by atoms with E-state index in [1.807, 2.05) is 26.0 Å². The van der Waals surface area contributed by atoms with Gasteiger partial charge >= 0.3 is 6.03 Å². The molecule has 0 radical (unpaired) electrons. The average Bonchev–Trinajstić information content (AvgIpc) is 2.58. The Bertz CT molecular complexity index is 634. The Morgan fingerprint density at radius 3 is 2.31 bits per heavy atom. The zero-order valence-corrected chi connectivity index (χ0v) is 15.5. The second kappa shape index (κ2) is 7.61. The van der Waals surface area contributed by atoms with E-state index < -0.39 is 5.54 Å². The fourth-order valence-corrected chi connectivity index (χ4v) is 3.55. The normalized spacial score (nSPS) is 21.0. The Hall–Kier alpha value is -2.15. The van der Waals surface area contributed by atoms with E-state index in [2.05, 4.69) is 15.1 Å². The van der Waals surface area contributed by atoms with Crippen molar-refractivity contribution in [1.82, 2.24) is 15.1 Å². The SMILES string of the molecule is CC1(C)CC(=O)N(CCCN2CCN(c3ccc(F)cc3)CC2)C(=O)N1. The van der Waals surface area contributed by atoms with Gasteiger partial charge in [0.15, 0.2) is 0 Å². The number of nitrogens with zero attached hydrogens (tertiary/aromatic N) is 3. The molecule has 1 aromatic rings. The molecule has 0 saturated carbocycles. The van der Waals surface area contributed by atoms with Crippen molar-refractivity contribution in [2.75, 3.05) is 44.2 Å². The minimum Gasteiger partial charge on any atom is -0.369 e. The van der Waals surface area contributed by atoms with Gasteiger partial charge in [-0.15, -0.1) is 0 Å². The van der Waals surface area contributed by atoms with Crippen LogP contribution in [0.25, 0.3) is 0 Å². The fraction of sp³-hybridized carbons (Fsp3) is 0.579. The summed E-state index contributed by atoms with van der Waals surface area (Å²) in [5.41, 5.74) is 0.589. The lowest BCUT2D eigenvalue weighted by Gasteiger charge is -2.38. The number of carbonyl (C=O) groups excluding carboxylic acids is 2. The van der Waals surface area contributed by atoms with Crippen LogP contribution < -0.4 is 10.2 Å². The number of halogens is 1. The van der Waals surface area contributed by atoms with Crippen LogP contribution in [0, 0.1) is 5.82 Å². The van der Waals surface area contributed by atoms with Crippen molar-refractivity contribution in [3.63, 3.8) is 0 Å². The number of imide groups is 1. The molecule has 0 bridgehead atoms. The van der Waals surface area contributed by atoms with Gasteiger partial charge < -0.3 is 10.2 Å². The molecule has 1 N–H and O–H groups in total. The Kier molecular flexibility index (Phi) is 5.46. The highest BCUT2D eigenvalue weighted by Gasteiger charge is 2.36. The first-order valence-corrected chi connectivity index (χ1v) is 9.19. The van der Waals surface area contributed by atoms with E-state index in [9.17, 15) is 14.0 Å². The minimum atomic E-state index is -0.457. The second-order valence-electron chi connectivity index (χ2n) is 7.69. The van der Waals surface area contributed by atoms with Gasteiger partial charge in [0.1, 0.15) is 5.82 Å². The summed E-state index contributed by atoms with van der Waals surface area (Å²) in [6, 6.07) is 6.32. The lowest BCUT2D eigenvalue weighted by Crippen LogP contribution is -2.59. The maximum Gasteiger partial charge on any atom is 0.324 e.